The highest BCUT2D eigenvalue weighted by atomic mass is 127. The smallest absolute Gasteiger partial charge is 0.338 e. The van der Waals surface area contributed by atoms with E-state index in [0.29, 0.717) is 49.3 Å². The Morgan fingerprint density at radius 2 is 1.88 bits per heavy atom. The Kier molecular flexibility index (Phi) is 8.85. The second-order valence-electron chi connectivity index (χ2n) is 9.61. The number of benzene rings is 3. The van der Waals surface area contributed by atoms with Crippen molar-refractivity contribution in [2.24, 2.45) is 4.99 Å². The average molecular weight is 841 g/mol. The predicted molar refractivity (Wildman–Crippen MR) is 181 cm³/mol. The van der Waals surface area contributed by atoms with E-state index in [4.69, 9.17) is 30.5 Å². The lowest BCUT2D eigenvalue weighted by molar-refractivity contribution is -0.139. The van der Waals surface area contributed by atoms with Crippen LogP contribution in [0.4, 0.5) is 0 Å². The molecule has 6 rings (SSSR count). The molecular formula is C31H23ClI2N2O6S. The number of carbonyl (C=O) groups excluding carboxylic acids is 1. The Morgan fingerprint density at radius 1 is 1.14 bits per heavy atom. The summed E-state index contributed by atoms with van der Waals surface area (Å²) in [6.45, 7) is 4.15. The molecule has 3 heterocycles. The molecule has 0 aliphatic carbocycles. The summed E-state index contributed by atoms with van der Waals surface area (Å²) in [6, 6.07) is 16.2. The molecule has 1 aromatic heterocycles. The lowest BCUT2D eigenvalue weighted by Gasteiger charge is -2.24. The van der Waals surface area contributed by atoms with Gasteiger partial charge in [-0.1, -0.05) is 47.2 Å². The van der Waals surface area contributed by atoms with Crippen molar-refractivity contribution in [2.75, 3.05) is 13.4 Å². The van der Waals surface area contributed by atoms with Crippen LogP contribution >= 0.6 is 68.1 Å². The topological polar surface area (TPSA) is 88.4 Å². The second kappa shape index (κ2) is 12.6. The van der Waals surface area contributed by atoms with Crippen LogP contribution in [0.5, 0.6) is 17.2 Å². The molecule has 220 valence electrons. The molecule has 2 aliphatic rings. The highest BCUT2D eigenvalue weighted by molar-refractivity contribution is 14.1. The minimum absolute atomic E-state index is 0.114. The maximum Gasteiger partial charge on any atom is 0.338 e. The molecule has 0 saturated heterocycles. The number of aromatic nitrogens is 1. The Hall–Kier alpha value is -2.88. The summed E-state index contributed by atoms with van der Waals surface area (Å²) in [7, 11) is 0. The van der Waals surface area contributed by atoms with Crippen LogP contribution in [0.2, 0.25) is 5.02 Å². The minimum Gasteiger partial charge on any atom is -0.487 e. The summed E-state index contributed by atoms with van der Waals surface area (Å²) in [5, 5.41) is 0.653. The molecule has 2 aliphatic heterocycles. The van der Waals surface area contributed by atoms with Crippen molar-refractivity contribution in [2.45, 2.75) is 26.5 Å². The van der Waals surface area contributed by atoms with E-state index in [2.05, 4.69) is 50.2 Å². The molecule has 0 N–H and O–H groups in total. The first-order chi connectivity index (χ1) is 20.7. The molecule has 0 unspecified atom stereocenters. The number of esters is 1. The number of carbonyl (C=O) groups is 1. The molecule has 0 spiro atoms. The summed E-state index contributed by atoms with van der Waals surface area (Å²) < 4.78 is 26.4. The Labute approximate surface area is 282 Å². The quantitative estimate of drug-likeness (QED) is 0.169. The summed E-state index contributed by atoms with van der Waals surface area (Å²) in [6.07, 6.45) is 1.84. The van der Waals surface area contributed by atoms with E-state index < -0.39 is 12.0 Å². The van der Waals surface area contributed by atoms with Gasteiger partial charge in [-0.3, -0.25) is 9.36 Å². The van der Waals surface area contributed by atoms with E-state index in [-0.39, 0.29) is 19.0 Å². The van der Waals surface area contributed by atoms with Crippen LogP contribution in [0.15, 0.2) is 75.7 Å². The summed E-state index contributed by atoms with van der Waals surface area (Å²) >= 11 is 12.0. The number of fused-ring (bicyclic) bond motifs is 2. The molecule has 43 heavy (non-hydrogen) atoms. The zero-order chi connectivity index (χ0) is 30.2. The number of nitrogens with zero attached hydrogens (tertiary/aromatic N) is 2. The van der Waals surface area contributed by atoms with Gasteiger partial charge in [0, 0.05) is 10.6 Å². The van der Waals surface area contributed by atoms with Gasteiger partial charge >= 0.3 is 5.97 Å². The van der Waals surface area contributed by atoms with Gasteiger partial charge in [0.05, 0.1) is 35.6 Å². The lowest BCUT2D eigenvalue weighted by atomic mass is 9.95. The Bertz CT molecular complexity index is 1960. The summed E-state index contributed by atoms with van der Waals surface area (Å²) in [5.74, 6) is 1.39. The van der Waals surface area contributed by atoms with Crippen molar-refractivity contribution in [1.82, 2.24) is 4.57 Å². The minimum atomic E-state index is -0.743. The summed E-state index contributed by atoms with van der Waals surface area (Å²) in [5.41, 5.74) is 2.98. The third-order valence-electron chi connectivity index (χ3n) is 6.88. The molecule has 0 amide bonds. The van der Waals surface area contributed by atoms with Gasteiger partial charge in [0.15, 0.2) is 16.3 Å². The van der Waals surface area contributed by atoms with Gasteiger partial charge in [-0.25, -0.2) is 9.79 Å². The lowest BCUT2D eigenvalue weighted by Crippen LogP contribution is -2.39. The van der Waals surface area contributed by atoms with Gasteiger partial charge in [-0.05, 0) is 107 Å². The average Bonchev–Trinajstić information content (AvgIpc) is 3.56. The number of hydrogen-bond donors (Lipinski definition) is 0. The zero-order valence-electron chi connectivity index (χ0n) is 22.9. The van der Waals surface area contributed by atoms with Crippen molar-refractivity contribution in [3.63, 3.8) is 0 Å². The molecule has 0 bridgehead atoms. The van der Waals surface area contributed by atoms with Crippen LogP contribution in [-0.2, 0) is 16.1 Å². The molecular weight excluding hydrogens is 818 g/mol. The first-order valence-electron chi connectivity index (χ1n) is 13.2. The number of allylic oxidation sites excluding steroid dienone is 1. The SMILES string of the molecule is CCOC(=O)C1=C(C)N=c2s/c(=C/c3cc(I)c(OCc4ccccc4Cl)c(I)c3)c(=O)n2[C@H]1c1ccc2c(c1)OCO2. The fraction of sp³-hybridized carbons (Fsp3) is 0.194. The Balaban J connectivity index is 1.41. The number of hydrogen-bond acceptors (Lipinski definition) is 8. The van der Waals surface area contributed by atoms with Gasteiger partial charge in [-0.2, -0.15) is 0 Å². The van der Waals surface area contributed by atoms with Gasteiger partial charge < -0.3 is 18.9 Å². The zero-order valence-corrected chi connectivity index (χ0v) is 28.7. The maximum atomic E-state index is 14.0. The normalized spacial score (nSPS) is 15.7. The van der Waals surface area contributed by atoms with Crippen LogP contribution in [0.3, 0.4) is 0 Å². The van der Waals surface area contributed by atoms with Crippen molar-refractivity contribution in [1.29, 1.82) is 0 Å². The number of ether oxygens (including phenoxy) is 4. The first-order valence-corrected chi connectivity index (χ1v) is 16.5. The van der Waals surface area contributed by atoms with E-state index in [0.717, 1.165) is 24.0 Å². The van der Waals surface area contributed by atoms with Crippen molar-refractivity contribution < 1.29 is 23.7 Å². The molecule has 1 atom stereocenters. The van der Waals surface area contributed by atoms with Gasteiger partial charge in [0.1, 0.15) is 12.4 Å². The Morgan fingerprint density at radius 3 is 2.63 bits per heavy atom. The van der Waals surface area contributed by atoms with Crippen LogP contribution in [0.25, 0.3) is 6.08 Å². The molecule has 3 aromatic carbocycles. The number of halogens is 3. The molecule has 0 saturated carbocycles. The highest BCUT2D eigenvalue weighted by Crippen LogP contribution is 2.38. The second-order valence-corrected chi connectivity index (χ2v) is 13.3. The van der Waals surface area contributed by atoms with E-state index in [1.165, 1.54) is 11.3 Å². The third kappa shape index (κ3) is 5.96. The van der Waals surface area contributed by atoms with Gasteiger partial charge in [0.25, 0.3) is 5.56 Å². The monoisotopic (exact) mass is 840 g/mol. The predicted octanol–water partition coefficient (Wildman–Crippen LogP) is 5.97. The van der Waals surface area contributed by atoms with Crippen LogP contribution in [0.1, 0.15) is 36.6 Å². The van der Waals surface area contributed by atoms with Crippen molar-refractivity contribution in [3.05, 3.63) is 114 Å². The van der Waals surface area contributed by atoms with Gasteiger partial charge in [-0.15, -0.1) is 0 Å². The maximum absolute atomic E-state index is 14.0. The summed E-state index contributed by atoms with van der Waals surface area (Å²) in [4.78, 5) is 32.3. The van der Waals surface area contributed by atoms with E-state index >= 15 is 0 Å². The largest absolute Gasteiger partial charge is 0.487 e. The van der Waals surface area contributed by atoms with E-state index in [9.17, 15) is 9.59 Å². The fourth-order valence-electron chi connectivity index (χ4n) is 4.91. The first kappa shape index (κ1) is 30.2. The van der Waals surface area contributed by atoms with Crippen LogP contribution in [0, 0.1) is 7.14 Å². The third-order valence-corrected chi connectivity index (χ3v) is 9.83. The molecule has 12 heteroatoms. The fourth-order valence-corrected chi connectivity index (χ4v) is 8.27. The number of rotatable bonds is 7. The standard InChI is InChI=1S/C31H23ClI2N2O6S/c1-3-39-30(38)26-16(2)35-31-36(27(26)18-8-9-23-24(13-18)42-15-41-23)29(37)25(43-31)12-17-10-21(33)28(22(34)11-17)40-14-19-6-4-5-7-20(19)32/h4-13,27H,3,14-15H2,1-2H3/b25-12+/t27-/m0/s1. The van der Waals surface area contributed by atoms with E-state index in [1.54, 1.807) is 30.5 Å². The van der Waals surface area contributed by atoms with Crippen LogP contribution < -0.4 is 29.1 Å². The van der Waals surface area contributed by atoms with Crippen molar-refractivity contribution in [3.8, 4) is 17.2 Å². The van der Waals surface area contributed by atoms with Crippen LogP contribution in [-0.4, -0.2) is 23.9 Å². The molecule has 4 aromatic rings. The molecule has 0 radical (unpaired) electrons. The number of thiazole rings is 1. The molecule has 0 fully saturated rings. The highest BCUT2D eigenvalue weighted by Gasteiger charge is 2.34. The van der Waals surface area contributed by atoms with Crippen molar-refractivity contribution >= 4 is 80.2 Å². The van der Waals surface area contributed by atoms with Gasteiger partial charge in [0.2, 0.25) is 6.79 Å². The molecule has 8 nitrogen and oxygen atoms in total. The van der Waals surface area contributed by atoms with E-state index in [1.807, 2.05) is 48.5 Å².